The minimum Gasteiger partial charge on any atom is -0.383 e. The molecule has 102 valence electrons. The molecule has 0 saturated carbocycles. The summed E-state index contributed by atoms with van der Waals surface area (Å²) in [6, 6.07) is 9.37. The highest BCUT2D eigenvalue weighted by Gasteiger charge is 2.11. The molecule has 3 nitrogen and oxygen atoms in total. The van der Waals surface area contributed by atoms with Crippen LogP contribution in [0.15, 0.2) is 54.9 Å². The lowest BCUT2D eigenvalue weighted by Gasteiger charge is -2.07. The Hall–Kier alpha value is -2.49. The van der Waals surface area contributed by atoms with Crippen molar-refractivity contribution in [2.24, 2.45) is 0 Å². The second-order valence-electron chi connectivity index (χ2n) is 4.55. The van der Waals surface area contributed by atoms with E-state index in [4.69, 9.17) is 0 Å². The summed E-state index contributed by atoms with van der Waals surface area (Å²) in [7, 11) is 3.68. The first kappa shape index (κ1) is 13.9. The molecule has 0 aliphatic heterocycles. The fraction of sp³-hybridized carbons (Fsp3) is 0.125. The number of nitrogens with zero attached hydrogens (tertiary/aromatic N) is 2. The summed E-state index contributed by atoms with van der Waals surface area (Å²) in [5.74, 6) is -0.448. The molecule has 0 radical (unpaired) electrons. The van der Waals surface area contributed by atoms with Gasteiger partial charge in [0.05, 0.1) is 5.69 Å². The molecule has 0 unspecified atom stereocenters. The SMILES string of the molecule is CN(C)C=CC(=O)c1cccnc1-c1ccc(F)cc1. The van der Waals surface area contributed by atoms with Crippen LogP contribution in [0.2, 0.25) is 0 Å². The number of ketones is 1. The van der Waals surface area contributed by atoms with Crippen molar-refractivity contribution in [3.8, 4) is 11.3 Å². The van der Waals surface area contributed by atoms with Gasteiger partial charge >= 0.3 is 0 Å². The molecule has 0 N–H and O–H groups in total. The Labute approximate surface area is 117 Å². The Kier molecular flexibility index (Phi) is 4.25. The van der Waals surface area contributed by atoms with E-state index in [2.05, 4.69) is 4.98 Å². The third kappa shape index (κ3) is 3.29. The summed E-state index contributed by atoms with van der Waals surface area (Å²) in [5.41, 5.74) is 1.77. The van der Waals surface area contributed by atoms with Crippen molar-refractivity contribution in [2.45, 2.75) is 0 Å². The second-order valence-corrected chi connectivity index (χ2v) is 4.55. The summed E-state index contributed by atoms with van der Waals surface area (Å²) in [4.78, 5) is 18.2. The number of benzene rings is 1. The van der Waals surface area contributed by atoms with E-state index in [1.54, 1.807) is 41.6 Å². The fourth-order valence-electron chi connectivity index (χ4n) is 1.75. The summed E-state index contributed by atoms with van der Waals surface area (Å²) in [6.07, 6.45) is 4.79. The highest BCUT2D eigenvalue weighted by molar-refractivity contribution is 6.08. The van der Waals surface area contributed by atoms with Crippen LogP contribution >= 0.6 is 0 Å². The lowest BCUT2D eigenvalue weighted by atomic mass is 10.0. The van der Waals surface area contributed by atoms with Gasteiger partial charge in [-0.3, -0.25) is 9.78 Å². The molecule has 0 spiro atoms. The van der Waals surface area contributed by atoms with E-state index in [1.165, 1.54) is 18.2 Å². The molecule has 0 fully saturated rings. The smallest absolute Gasteiger partial charge is 0.189 e. The van der Waals surface area contributed by atoms with E-state index in [9.17, 15) is 9.18 Å². The summed E-state index contributed by atoms with van der Waals surface area (Å²) in [6.45, 7) is 0. The number of carbonyl (C=O) groups excluding carboxylic acids is 1. The van der Waals surface area contributed by atoms with E-state index in [-0.39, 0.29) is 11.6 Å². The molecule has 2 rings (SSSR count). The molecule has 2 aromatic rings. The lowest BCUT2D eigenvalue weighted by Crippen LogP contribution is -2.04. The van der Waals surface area contributed by atoms with Gasteiger partial charge in [0.15, 0.2) is 5.78 Å². The standard InChI is InChI=1S/C16H15FN2O/c1-19(2)11-9-15(20)14-4-3-10-18-16(14)12-5-7-13(17)8-6-12/h3-11H,1-2H3. The topological polar surface area (TPSA) is 33.2 Å². The molecule has 4 heteroatoms. The molecule has 1 aromatic carbocycles. The van der Waals surface area contributed by atoms with Gasteiger partial charge < -0.3 is 4.90 Å². The highest BCUT2D eigenvalue weighted by Crippen LogP contribution is 2.22. The number of hydrogen-bond acceptors (Lipinski definition) is 3. The van der Waals surface area contributed by atoms with Crippen molar-refractivity contribution in [2.75, 3.05) is 14.1 Å². The summed E-state index contributed by atoms with van der Waals surface area (Å²) >= 11 is 0. The van der Waals surface area contributed by atoms with Gasteiger partial charge in [-0.1, -0.05) is 0 Å². The van der Waals surface area contributed by atoms with Crippen molar-refractivity contribution >= 4 is 5.78 Å². The average molecular weight is 270 g/mol. The Bertz CT molecular complexity index is 633. The molecule has 0 aliphatic carbocycles. The molecule has 0 atom stereocenters. The van der Waals surface area contributed by atoms with Crippen LogP contribution in [0, 0.1) is 5.82 Å². The van der Waals surface area contributed by atoms with Crippen LogP contribution in [0.25, 0.3) is 11.3 Å². The monoisotopic (exact) mass is 270 g/mol. The van der Waals surface area contributed by atoms with Crippen LogP contribution in [0.5, 0.6) is 0 Å². The van der Waals surface area contributed by atoms with Crippen LogP contribution < -0.4 is 0 Å². The highest BCUT2D eigenvalue weighted by atomic mass is 19.1. The quantitative estimate of drug-likeness (QED) is 0.632. The van der Waals surface area contributed by atoms with E-state index >= 15 is 0 Å². The predicted octanol–water partition coefficient (Wildman–Crippen LogP) is 3.15. The van der Waals surface area contributed by atoms with E-state index in [0.717, 1.165) is 0 Å². The van der Waals surface area contributed by atoms with Gasteiger partial charge in [0.25, 0.3) is 0 Å². The van der Waals surface area contributed by atoms with E-state index in [1.807, 2.05) is 14.1 Å². The molecule has 0 saturated heterocycles. The molecule has 1 heterocycles. The lowest BCUT2D eigenvalue weighted by molar-refractivity contribution is 0.104. The Morgan fingerprint density at radius 3 is 2.55 bits per heavy atom. The number of carbonyl (C=O) groups is 1. The molecule has 1 aromatic heterocycles. The molecule has 0 bridgehead atoms. The Balaban J connectivity index is 2.40. The van der Waals surface area contributed by atoms with Gasteiger partial charge in [0.1, 0.15) is 5.82 Å². The van der Waals surface area contributed by atoms with Crippen molar-refractivity contribution in [3.63, 3.8) is 0 Å². The summed E-state index contributed by atoms with van der Waals surface area (Å²) in [5, 5.41) is 0. The summed E-state index contributed by atoms with van der Waals surface area (Å²) < 4.78 is 13.0. The maximum absolute atomic E-state index is 13.0. The third-order valence-corrected chi connectivity index (χ3v) is 2.71. The van der Waals surface area contributed by atoms with Crippen LogP contribution in [0.1, 0.15) is 10.4 Å². The Morgan fingerprint density at radius 1 is 1.20 bits per heavy atom. The van der Waals surface area contributed by atoms with Crippen LogP contribution in [0.4, 0.5) is 4.39 Å². The average Bonchev–Trinajstić information content (AvgIpc) is 2.45. The minimum absolute atomic E-state index is 0.133. The van der Waals surface area contributed by atoms with Crippen molar-refractivity contribution < 1.29 is 9.18 Å². The van der Waals surface area contributed by atoms with E-state index in [0.29, 0.717) is 16.8 Å². The molecule has 0 aliphatic rings. The second kappa shape index (κ2) is 6.10. The van der Waals surface area contributed by atoms with Gasteiger partial charge in [-0.25, -0.2) is 4.39 Å². The van der Waals surface area contributed by atoms with Crippen LogP contribution in [0.3, 0.4) is 0 Å². The third-order valence-electron chi connectivity index (χ3n) is 2.71. The Morgan fingerprint density at radius 2 is 1.90 bits per heavy atom. The first-order chi connectivity index (χ1) is 9.58. The van der Waals surface area contributed by atoms with Gasteiger partial charge in [0.2, 0.25) is 0 Å². The normalized spacial score (nSPS) is 10.8. The number of allylic oxidation sites excluding steroid dienone is 1. The number of halogens is 1. The number of aromatic nitrogens is 1. The van der Waals surface area contributed by atoms with Gasteiger partial charge in [0, 0.05) is 43.7 Å². The largest absolute Gasteiger partial charge is 0.383 e. The first-order valence-corrected chi connectivity index (χ1v) is 6.18. The molecule has 0 amide bonds. The van der Waals surface area contributed by atoms with Gasteiger partial charge in [-0.2, -0.15) is 0 Å². The number of rotatable bonds is 4. The van der Waals surface area contributed by atoms with Crippen LogP contribution in [-0.2, 0) is 0 Å². The fourth-order valence-corrected chi connectivity index (χ4v) is 1.75. The first-order valence-electron chi connectivity index (χ1n) is 6.18. The molecule has 20 heavy (non-hydrogen) atoms. The maximum Gasteiger partial charge on any atom is 0.189 e. The van der Waals surface area contributed by atoms with Gasteiger partial charge in [-0.05, 0) is 36.4 Å². The minimum atomic E-state index is -0.315. The predicted molar refractivity (Wildman–Crippen MR) is 76.8 cm³/mol. The number of hydrogen-bond donors (Lipinski definition) is 0. The zero-order valence-corrected chi connectivity index (χ0v) is 11.4. The number of pyridine rings is 1. The van der Waals surface area contributed by atoms with Crippen molar-refractivity contribution in [3.05, 3.63) is 66.3 Å². The molecular weight excluding hydrogens is 255 g/mol. The zero-order valence-electron chi connectivity index (χ0n) is 11.4. The van der Waals surface area contributed by atoms with E-state index < -0.39 is 0 Å². The molecular formula is C16H15FN2O. The van der Waals surface area contributed by atoms with Gasteiger partial charge in [-0.15, -0.1) is 0 Å². The zero-order chi connectivity index (χ0) is 14.5. The van der Waals surface area contributed by atoms with Crippen molar-refractivity contribution in [1.29, 1.82) is 0 Å². The maximum atomic E-state index is 13.0. The van der Waals surface area contributed by atoms with Crippen molar-refractivity contribution in [1.82, 2.24) is 9.88 Å². The van der Waals surface area contributed by atoms with Crippen LogP contribution in [-0.4, -0.2) is 29.8 Å².